The monoisotopic (exact) mass is 627 g/mol. The highest BCUT2D eigenvalue weighted by Crippen LogP contribution is 2.50. The van der Waals surface area contributed by atoms with Crippen LogP contribution in [-0.2, 0) is 30.2 Å². The number of likely N-dealkylation sites (N-methyl/N-ethyl adjacent to an activating group) is 1. The van der Waals surface area contributed by atoms with Gasteiger partial charge in [0.2, 0.25) is 5.79 Å². The number of rotatable bonds is 12. The third kappa shape index (κ3) is 6.80. The number of hydrogen-bond donors (Lipinski definition) is 1. The highest BCUT2D eigenvalue weighted by atomic mass is 16.8. The zero-order valence-corrected chi connectivity index (χ0v) is 26.5. The fourth-order valence-corrected chi connectivity index (χ4v) is 6.24. The molecule has 6 rings (SSSR count). The zero-order valence-electron chi connectivity index (χ0n) is 26.5. The first kappa shape index (κ1) is 31.7. The summed E-state index contributed by atoms with van der Waals surface area (Å²) in [6.07, 6.45) is -1.79. The van der Waals surface area contributed by atoms with Crippen molar-refractivity contribution in [1.29, 1.82) is 0 Å². The van der Waals surface area contributed by atoms with Crippen LogP contribution in [-0.4, -0.2) is 99.3 Å². The van der Waals surface area contributed by atoms with Crippen molar-refractivity contribution in [2.24, 2.45) is 0 Å². The summed E-state index contributed by atoms with van der Waals surface area (Å²) >= 11 is 0. The topological polar surface area (TPSA) is 98.8 Å². The van der Waals surface area contributed by atoms with Gasteiger partial charge in [0.15, 0.2) is 6.10 Å². The number of methoxy groups -OCH3 is 1. The SMILES string of the molecule is COC(=O)C1=C(C(=O)Nc2ccc(OCCN3CCN(C)CC3)cc2)C2OC1(C(Cc1ccccc1)Oc1ccccc1)OC2C. The van der Waals surface area contributed by atoms with Crippen molar-refractivity contribution in [2.75, 3.05) is 58.8 Å². The summed E-state index contributed by atoms with van der Waals surface area (Å²) in [6.45, 7) is 7.47. The van der Waals surface area contributed by atoms with Crippen molar-refractivity contribution in [3.63, 3.8) is 0 Å². The highest BCUT2D eigenvalue weighted by molar-refractivity contribution is 6.11. The van der Waals surface area contributed by atoms with Crippen LogP contribution in [0, 0.1) is 0 Å². The molecule has 3 aromatic rings. The Morgan fingerprint density at radius 3 is 2.26 bits per heavy atom. The van der Waals surface area contributed by atoms with Crippen LogP contribution in [0.25, 0.3) is 0 Å². The Labute approximate surface area is 269 Å². The molecule has 1 N–H and O–H groups in total. The van der Waals surface area contributed by atoms with Gasteiger partial charge >= 0.3 is 5.97 Å². The normalized spacial score (nSPS) is 23.6. The molecule has 10 nitrogen and oxygen atoms in total. The Balaban J connectivity index is 1.22. The first-order chi connectivity index (χ1) is 22.4. The minimum atomic E-state index is -1.67. The second-order valence-electron chi connectivity index (χ2n) is 11.9. The van der Waals surface area contributed by atoms with E-state index < -0.39 is 36.0 Å². The maximum Gasteiger partial charge on any atom is 0.339 e. The number of benzene rings is 3. The van der Waals surface area contributed by atoms with Gasteiger partial charge in [0, 0.05) is 44.8 Å². The number of nitrogens with zero attached hydrogens (tertiary/aromatic N) is 2. The first-order valence-electron chi connectivity index (χ1n) is 15.8. The Bertz CT molecular complexity index is 1480. The van der Waals surface area contributed by atoms with Gasteiger partial charge in [-0.25, -0.2) is 4.79 Å². The predicted octanol–water partition coefficient (Wildman–Crippen LogP) is 3.93. The molecule has 3 heterocycles. The lowest BCUT2D eigenvalue weighted by Gasteiger charge is -2.36. The number of anilines is 1. The number of ether oxygens (including phenoxy) is 5. The summed E-state index contributed by atoms with van der Waals surface area (Å²) in [7, 11) is 3.42. The number of nitrogens with one attached hydrogen (secondary N) is 1. The van der Waals surface area contributed by atoms with E-state index in [9.17, 15) is 9.59 Å². The van der Waals surface area contributed by atoms with Gasteiger partial charge in [0.1, 0.15) is 29.8 Å². The third-order valence-electron chi connectivity index (χ3n) is 8.72. The molecular formula is C36H41N3O7. The molecule has 3 aliphatic heterocycles. The molecule has 0 aliphatic carbocycles. The minimum Gasteiger partial charge on any atom is -0.492 e. The molecule has 4 atom stereocenters. The summed E-state index contributed by atoms with van der Waals surface area (Å²) in [5.41, 5.74) is 1.69. The average Bonchev–Trinajstić information content (AvgIpc) is 3.60. The second kappa shape index (κ2) is 14.0. The Morgan fingerprint density at radius 1 is 0.913 bits per heavy atom. The fourth-order valence-electron chi connectivity index (χ4n) is 6.24. The predicted molar refractivity (Wildman–Crippen MR) is 173 cm³/mol. The van der Waals surface area contributed by atoms with Crippen LogP contribution in [0.4, 0.5) is 5.69 Å². The van der Waals surface area contributed by atoms with Gasteiger partial charge in [0.25, 0.3) is 5.91 Å². The third-order valence-corrected chi connectivity index (χ3v) is 8.72. The molecule has 0 spiro atoms. The fraction of sp³-hybridized carbons (Fsp3) is 0.389. The van der Waals surface area contributed by atoms with Crippen LogP contribution >= 0.6 is 0 Å². The van der Waals surface area contributed by atoms with Gasteiger partial charge in [-0.05, 0) is 55.9 Å². The van der Waals surface area contributed by atoms with Crippen LogP contribution in [0.15, 0.2) is 96.1 Å². The van der Waals surface area contributed by atoms with E-state index in [1.165, 1.54) is 7.11 Å². The van der Waals surface area contributed by atoms with Crippen LogP contribution in [0.2, 0.25) is 0 Å². The van der Waals surface area contributed by atoms with Crippen LogP contribution in [0.5, 0.6) is 11.5 Å². The number of fused-ring (bicyclic) bond motifs is 2. The van der Waals surface area contributed by atoms with Gasteiger partial charge in [-0.15, -0.1) is 0 Å². The van der Waals surface area contributed by atoms with Crippen molar-refractivity contribution in [2.45, 2.75) is 37.4 Å². The van der Waals surface area contributed by atoms with E-state index >= 15 is 0 Å². The molecule has 2 fully saturated rings. The van der Waals surface area contributed by atoms with Crippen molar-refractivity contribution in [3.8, 4) is 11.5 Å². The molecule has 2 bridgehead atoms. The standard InChI is InChI=1S/C36H41N3O7/c1-25-33-31(34(40)37-27-14-16-28(17-15-27)43-23-22-39-20-18-38(2)19-21-39)32(35(41)42-3)36(45-25,46-33)30(24-26-10-6-4-7-11-26)44-29-12-8-5-9-13-29/h4-17,25,30,33H,18-24H2,1-3H3,(H,37,40). The second-order valence-corrected chi connectivity index (χ2v) is 11.9. The molecule has 0 radical (unpaired) electrons. The van der Waals surface area contributed by atoms with E-state index in [4.69, 9.17) is 23.7 Å². The minimum absolute atomic E-state index is 0.0105. The molecule has 46 heavy (non-hydrogen) atoms. The summed E-state index contributed by atoms with van der Waals surface area (Å²) in [6, 6.07) is 26.2. The lowest BCUT2D eigenvalue weighted by molar-refractivity contribution is -0.195. The summed E-state index contributed by atoms with van der Waals surface area (Å²) in [5.74, 6) is -1.55. The molecule has 10 heteroatoms. The molecule has 0 saturated carbocycles. The number of para-hydroxylation sites is 1. The van der Waals surface area contributed by atoms with Gasteiger partial charge in [-0.1, -0.05) is 48.5 Å². The highest BCUT2D eigenvalue weighted by Gasteiger charge is 2.66. The molecule has 3 aliphatic rings. The number of piperazine rings is 1. The van der Waals surface area contributed by atoms with Gasteiger partial charge < -0.3 is 33.9 Å². The largest absolute Gasteiger partial charge is 0.492 e. The van der Waals surface area contributed by atoms with E-state index in [0.29, 0.717) is 30.2 Å². The maximum absolute atomic E-state index is 13.9. The number of esters is 1. The Kier molecular flexibility index (Phi) is 9.70. The van der Waals surface area contributed by atoms with Crippen molar-refractivity contribution >= 4 is 17.6 Å². The number of carbonyl (C=O) groups is 2. The maximum atomic E-state index is 13.9. The summed E-state index contributed by atoms with van der Waals surface area (Å²) in [4.78, 5) is 32.1. The Hall–Kier alpha value is -4.22. The lowest BCUT2D eigenvalue weighted by Crippen LogP contribution is -2.52. The molecule has 4 unspecified atom stereocenters. The molecule has 242 valence electrons. The summed E-state index contributed by atoms with van der Waals surface area (Å²) in [5, 5.41) is 2.94. The van der Waals surface area contributed by atoms with E-state index in [1.54, 1.807) is 12.1 Å². The summed E-state index contributed by atoms with van der Waals surface area (Å²) < 4.78 is 30.6. The zero-order chi connectivity index (χ0) is 32.1. The van der Waals surface area contributed by atoms with Crippen LogP contribution in [0.1, 0.15) is 12.5 Å². The molecule has 2 saturated heterocycles. The van der Waals surface area contributed by atoms with Crippen molar-refractivity contribution in [3.05, 3.63) is 102 Å². The number of amides is 1. The molecule has 1 amide bonds. The lowest BCUT2D eigenvalue weighted by atomic mass is 9.88. The molecule has 3 aromatic carbocycles. The van der Waals surface area contributed by atoms with E-state index in [0.717, 1.165) is 38.3 Å². The van der Waals surface area contributed by atoms with Crippen LogP contribution < -0.4 is 14.8 Å². The van der Waals surface area contributed by atoms with E-state index in [-0.39, 0.29) is 11.1 Å². The molecular weight excluding hydrogens is 586 g/mol. The van der Waals surface area contributed by atoms with Crippen molar-refractivity contribution < 1.29 is 33.3 Å². The Morgan fingerprint density at radius 2 is 1.59 bits per heavy atom. The first-order valence-corrected chi connectivity index (χ1v) is 15.8. The quantitative estimate of drug-likeness (QED) is 0.300. The molecule has 0 aromatic heterocycles. The van der Waals surface area contributed by atoms with Gasteiger partial charge in [-0.2, -0.15) is 0 Å². The number of hydrogen-bond acceptors (Lipinski definition) is 9. The average molecular weight is 628 g/mol. The van der Waals surface area contributed by atoms with Crippen LogP contribution in [0.3, 0.4) is 0 Å². The van der Waals surface area contributed by atoms with Gasteiger partial charge in [0.05, 0.1) is 18.8 Å². The number of carbonyl (C=O) groups excluding carboxylic acids is 2. The van der Waals surface area contributed by atoms with E-state index in [2.05, 4.69) is 22.2 Å². The van der Waals surface area contributed by atoms with Gasteiger partial charge in [-0.3, -0.25) is 9.69 Å². The van der Waals surface area contributed by atoms with E-state index in [1.807, 2.05) is 79.7 Å². The smallest absolute Gasteiger partial charge is 0.339 e. The van der Waals surface area contributed by atoms with Crippen molar-refractivity contribution in [1.82, 2.24) is 9.80 Å².